The number of fused-ring (bicyclic) bond motifs is 3. The van der Waals surface area contributed by atoms with Gasteiger partial charge < -0.3 is 9.84 Å². The van der Waals surface area contributed by atoms with Crippen molar-refractivity contribution in [1.29, 1.82) is 0 Å². The highest BCUT2D eigenvalue weighted by atomic mass is 16.5. The summed E-state index contributed by atoms with van der Waals surface area (Å²) in [5.41, 5.74) is 2.07. The second-order valence-electron chi connectivity index (χ2n) is 8.23. The van der Waals surface area contributed by atoms with E-state index in [4.69, 9.17) is 9.72 Å². The average molecular weight is 391 g/mol. The zero-order chi connectivity index (χ0) is 20.1. The largest absolute Gasteiger partial charge is 0.478 e. The van der Waals surface area contributed by atoms with Gasteiger partial charge in [-0.3, -0.25) is 4.90 Å². The van der Waals surface area contributed by atoms with Crippen LogP contribution in [0.25, 0.3) is 0 Å². The van der Waals surface area contributed by atoms with E-state index in [0.717, 1.165) is 50.0 Å². The molecule has 0 amide bonds. The lowest BCUT2D eigenvalue weighted by molar-refractivity contribution is -0.0713. The zero-order valence-electron chi connectivity index (χ0n) is 17.2. The SMILES string of the molecule is CCCCOc1ccc(C#C[C@@]2(O)CN3CCC2CC3)c(Cc2ccccc2)n1. The first-order valence-corrected chi connectivity index (χ1v) is 10.8. The van der Waals surface area contributed by atoms with Crippen molar-refractivity contribution in [2.45, 2.75) is 44.6 Å². The van der Waals surface area contributed by atoms with E-state index in [1.165, 1.54) is 5.56 Å². The van der Waals surface area contributed by atoms with Crippen LogP contribution >= 0.6 is 0 Å². The fourth-order valence-corrected chi connectivity index (χ4v) is 4.28. The fourth-order valence-electron chi connectivity index (χ4n) is 4.28. The molecule has 0 spiro atoms. The van der Waals surface area contributed by atoms with Crippen molar-refractivity contribution in [3.8, 4) is 17.7 Å². The maximum atomic E-state index is 11.1. The van der Waals surface area contributed by atoms with E-state index < -0.39 is 5.60 Å². The zero-order valence-corrected chi connectivity index (χ0v) is 17.2. The van der Waals surface area contributed by atoms with Gasteiger partial charge in [0.15, 0.2) is 0 Å². The molecule has 3 aliphatic heterocycles. The molecule has 4 heterocycles. The van der Waals surface area contributed by atoms with Crippen LogP contribution in [0.2, 0.25) is 0 Å². The summed E-state index contributed by atoms with van der Waals surface area (Å²) in [6, 6.07) is 14.2. The van der Waals surface area contributed by atoms with Gasteiger partial charge in [0, 0.05) is 30.5 Å². The van der Waals surface area contributed by atoms with E-state index in [2.05, 4.69) is 35.8 Å². The van der Waals surface area contributed by atoms with Crippen LogP contribution in [0.5, 0.6) is 5.88 Å². The first-order chi connectivity index (χ1) is 14.2. The fraction of sp³-hybridized carbons (Fsp3) is 0.480. The van der Waals surface area contributed by atoms with Crippen molar-refractivity contribution in [3.63, 3.8) is 0 Å². The first kappa shape index (κ1) is 19.9. The van der Waals surface area contributed by atoms with Gasteiger partial charge in [-0.25, -0.2) is 4.98 Å². The van der Waals surface area contributed by atoms with Crippen LogP contribution in [0.15, 0.2) is 42.5 Å². The van der Waals surface area contributed by atoms with E-state index in [0.29, 0.717) is 25.5 Å². The van der Waals surface area contributed by atoms with Crippen molar-refractivity contribution in [2.24, 2.45) is 5.92 Å². The number of piperidine rings is 3. The number of hydrogen-bond donors (Lipinski definition) is 1. The smallest absolute Gasteiger partial charge is 0.213 e. The van der Waals surface area contributed by atoms with Crippen LogP contribution in [0, 0.1) is 17.8 Å². The van der Waals surface area contributed by atoms with E-state index >= 15 is 0 Å². The van der Waals surface area contributed by atoms with E-state index in [9.17, 15) is 5.11 Å². The Kier molecular flexibility index (Phi) is 6.18. The molecule has 4 nitrogen and oxygen atoms in total. The van der Waals surface area contributed by atoms with Gasteiger partial charge in [0.2, 0.25) is 5.88 Å². The van der Waals surface area contributed by atoms with Gasteiger partial charge >= 0.3 is 0 Å². The maximum absolute atomic E-state index is 11.1. The lowest BCUT2D eigenvalue weighted by Crippen LogP contribution is -2.58. The molecule has 1 N–H and O–H groups in total. The van der Waals surface area contributed by atoms with Crippen LogP contribution in [-0.2, 0) is 6.42 Å². The Morgan fingerprint density at radius 3 is 2.66 bits per heavy atom. The minimum Gasteiger partial charge on any atom is -0.478 e. The summed E-state index contributed by atoms with van der Waals surface area (Å²) in [6.45, 7) is 5.65. The molecule has 1 aromatic carbocycles. The number of aromatic nitrogens is 1. The third-order valence-electron chi connectivity index (χ3n) is 6.05. The number of ether oxygens (including phenoxy) is 1. The molecule has 0 unspecified atom stereocenters. The summed E-state index contributed by atoms with van der Waals surface area (Å²) in [4.78, 5) is 7.08. The highest BCUT2D eigenvalue weighted by Crippen LogP contribution is 2.35. The summed E-state index contributed by atoms with van der Waals surface area (Å²) in [6.07, 6.45) is 4.87. The van der Waals surface area contributed by atoms with Crippen LogP contribution in [0.1, 0.15) is 49.4 Å². The number of unbranched alkanes of at least 4 members (excludes halogenated alkanes) is 1. The summed E-state index contributed by atoms with van der Waals surface area (Å²) < 4.78 is 5.82. The van der Waals surface area contributed by atoms with Gasteiger partial charge in [0.05, 0.1) is 12.3 Å². The van der Waals surface area contributed by atoms with Gasteiger partial charge in [-0.1, -0.05) is 55.5 Å². The predicted molar refractivity (Wildman–Crippen MR) is 115 cm³/mol. The lowest BCUT2D eigenvalue weighted by Gasteiger charge is -2.47. The normalized spacial score (nSPS) is 25.3. The topological polar surface area (TPSA) is 45.6 Å². The first-order valence-electron chi connectivity index (χ1n) is 10.8. The molecule has 0 saturated carbocycles. The summed E-state index contributed by atoms with van der Waals surface area (Å²) in [5, 5.41) is 11.1. The Bertz CT molecular complexity index is 879. The van der Waals surface area contributed by atoms with Gasteiger partial charge in [-0.2, -0.15) is 0 Å². The molecule has 3 saturated heterocycles. The molecule has 2 aromatic rings. The van der Waals surface area contributed by atoms with Gasteiger partial charge in [-0.05, 0) is 44.0 Å². The number of nitrogens with zero attached hydrogens (tertiary/aromatic N) is 2. The maximum Gasteiger partial charge on any atom is 0.213 e. The Hall–Kier alpha value is -2.35. The molecule has 0 aliphatic carbocycles. The molecule has 3 aliphatic rings. The molecule has 5 rings (SSSR count). The van der Waals surface area contributed by atoms with Crippen LogP contribution in [0.4, 0.5) is 0 Å². The minimum atomic E-state index is -0.906. The van der Waals surface area contributed by atoms with E-state index in [-0.39, 0.29) is 5.92 Å². The highest BCUT2D eigenvalue weighted by Gasteiger charge is 2.44. The summed E-state index contributed by atoms with van der Waals surface area (Å²) in [5.74, 6) is 7.43. The Morgan fingerprint density at radius 2 is 1.97 bits per heavy atom. The van der Waals surface area contributed by atoms with E-state index in [1.54, 1.807) is 0 Å². The molecule has 1 aromatic heterocycles. The molecule has 29 heavy (non-hydrogen) atoms. The van der Waals surface area contributed by atoms with Crippen molar-refractivity contribution in [2.75, 3.05) is 26.2 Å². The number of rotatable bonds is 6. The van der Waals surface area contributed by atoms with Crippen molar-refractivity contribution in [1.82, 2.24) is 9.88 Å². The third-order valence-corrected chi connectivity index (χ3v) is 6.05. The lowest BCUT2D eigenvalue weighted by atomic mass is 9.75. The van der Waals surface area contributed by atoms with Gasteiger partial charge in [0.1, 0.15) is 5.60 Å². The monoisotopic (exact) mass is 390 g/mol. The molecule has 0 radical (unpaired) electrons. The van der Waals surface area contributed by atoms with Crippen LogP contribution in [-0.4, -0.2) is 46.8 Å². The second-order valence-corrected chi connectivity index (χ2v) is 8.23. The van der Waals surface area contributed by atoms with Crippen LogP contribution in [0.3, 0.4) is 0 Å². The molecule has 2 bridgehead atoms. The molecule has 152 valence electrons. The Labute approximate surface area is 173 Å². The number of aliphatic hydroxyl groups is 1. The molecule has 3 fully saturated rings. The average Bonchev–Trinajstić information content (AvgIpc) is 2.75. The van der Waals surface area contributed by atoms with Crippen molar-refractivity contribution < 1.29 is 9.84 Å². The molecule has 1 atom stereocenters. The number of pyridine rings is 1. The second kappa shape index (κ2) is 8.98. The van der Waals surface area contributed by atoms with Crippen molar-refractivity contribution >= 4 is 0 Å². The number of hydrogen-bond acceptors (Lipinski definition) is 4. The standard InChI is InChI=1S/C25H30N2O2/c1-2-3-17-29-24-10-9-21(23(26-24)18-20-7-5-4-6-8-20)11-14-25(28)19-27-15-12-22(25)13-16-27/h4-10,22,28H,2-3,12-13,15-19H2,1H3/t25-/m1/s1. The Balaban J connectivity index is 1.60. The van der Waals surface area contributed by atoms with E-state index in [1.807, 2.05) is 30.3 Å². The minimum absolute atomic E-state index is 0.280. The Morgan fingerprint density at radius 1 is 1.17 bits per heavy atom. The predicted octanol–water partition coefficient (Wildman–Crippen LogP) is 3.66. The summed E-state index contributed by atoms with van der Waals surface area (Å²) >= 11 is 0. The van der Waals surface area contributed by atoms with Crippen LogP contribution < -0.4 is 4.74 Å². The third kappa shape index (κ3) is 4.80. The summed E-state index contributed by atoms with van der Waals surface area (Å²) in [7, 11) is 0. The van der Waals surface area contributed by atoms with Gasteiger partial charge in [-0.15, -0.1) is 0 Å². The number of benzene rings is 1. The quantitative estimate of drug-likeness (QED) is 0.604. The molecular formula is C25H30N2O2. The highest BCUT2D eigenvalue weighted by molar-refractivity contribution is 5.44. The van der Waals surface area contributed by atoms with Crippen molar-refractivity contribution in [3.05, 3.63) is 59.3 Å². The molecule has 4 heteroatoms. The van der Waals surface area contributed by atoms with Gasteiger partial charge in [0.25, 0.3) is 0 Å². The molecular weight excluding hydrogens is 360 g/mol.